The molecule has 3 nitrogen and oxygen atoms in total. The van der Waals surface area contributed by atoms with Crippen molar-refractivity contribution in [2.45, 2.75) is 24.2 Å². The van der Waals surface area contributed by atoms with Gasteiger partial charge in [-0.25, -0.2) is 13.1 Å². The number of benzene rings is 1. The summed E-state index contributed by atoms with van der Waals surface area (Å²) < 4.78 is 28.0. The second-order valence-electron chi connectivity index (χ2n) is 5.39. The Morgan fingerprint density at radius 3 is 2.74 bits per heavy atom. The molecule has 0 heterocycles. The monoisotopic (exact) mass is 341 g/mol. The van der Waals surface area contributed by atoms with Crippen LogP contribution in [0, 0.1) is 11.3 Å². The fourth-order valence-electron chi connectivity index (χ4n) is 2.81. The van der Waals surface area contributed by atoms with E-state index >= 15 is 0 Å². The zero-order valence-corrected chi connectivity index (χ0v) is 12.9. The van der Waals surface area contributed by atoms with Gasteiger partial charge in [0.1, 0.15) is 0 Å². The lowest BCUT2D eigenvalue weighted by Gasteiger charge is -2.17. The highest BCUT2D eigenvalue weighted by Crippen LogP contribution is 2.58. The molecule has 1 saturated carbocycles. The third-order valence-electron chi connectivity index (χ3n) is 4.13. The van der Waals surface area contributed by atoms with Gasteiger partial charge in [0, 0.05) is 16.4 Å². The Morgan fingerprint density at radius 2 is 2.05 bits per heavy atom. The molecular weight excluding hydrogens is 326 g/mol. The number of nitrogens with one attached hydrogen (secondary N) is 1. The molecule has 5 heteroatoms. The predicted octanol–water partition coefficient (Wildman–Crippen LogP) is 3.08. The molecule has 1 aromatic carbocycles. The molecule has 2 aliphatic rings. The molecule has 1 fully saturated rings. The molecule has 19 heavy (non-hydrogen) atoms. The van der Waals surface area contributed by atoms with E-state index in [1.807, 2.05) is 0 Å². The maximum absolute atomic E-state index is 12.2. The number of hydrogen-bond acceptors (Lipinski definition) is 2. The summed E-state index contributed by atoms with van der Waals surface area (Å²) in [5.74, 6) is 0.671. The number of rotatable bonds is 4. The average Bonchev–Trinajstić information content (AvgIpc) is 3.12. The molecule has 1 aromatic rings. The third kappa shape index (κ3) is 2.64. The maximum Gasteiger partial charge on any atom is 0.240 e. The first-order valence-corrected chi connectivity index (χ1v) is 8.72. The Morgan fingerprint density at radius 1 is 1.32 bits per heavy atom. The van der Waals surface area contributed by atoms with E-state index in [-0.39, 0.29) is 5.41 Å². The van der Waals surface area contributed by atoms with Gasteiger partial charge in [-0.15, -0.1) is 0 Å². The van der Waals surface area contributed by atoms with Gasteiger partial charge in [-0.2, -0.15) is 0 Å². The Hall–Kier alpha value is -0.650. The van der Waals surface area contributed by atoms with Crippen LogP contribution < -0.4 is 4.72 Å². The van der Waals surface area contributed by atoms with Crippen LogP contribution in [0.3, 0.4) is 0 Å². The van der Waals surface area contributed by atoms with Gasteiger partial charge in [-0.05, 0) is 49.4 Å². The molecule has 0 radical (unpaired) electrons. The second kappa shape index (κ2) is 4.72. The zero-order valence-electron chi connectivity index (χ0n) is 10.5. The molecule has 0 spiro atoms. The first-order valence-electron chi connectivity index (χ1n) is 6.45. The minimum Gasteiger partial charge on any atom is -0.210 e. The van der Waals surface area contributed by atoms with E-state index < -0.39 is 10.0 Å². The van der Waals surface area contributed by atoms with Crippen molar-refractivity contribution < 1.29 is 8.42 Å². The predicted molar refractivity (Wildman–Crippen MR) is 78.2 cm³/mol. The maximum atomic E-state index is 12.2. The molecule has 2 unspecified atom stereocenters. The van der Waals surface area contributed by atoms with Crippen LogP contribution in [0.4, 0.5) is 0 Å². The van der Waals surface area contributed by atoms with E-state index in [1.165, 1.54) is 6.42 Å². The molecule has 2 aliphatic carbocycles. The quantitative estimate of drug-likeness (QED) is 0.855. The molecule has 0 amide bonds. The van der Waals surface area contributed by atoms with Crippen LogP contribution in [-0.2, 0) is 10.0 Å². The molecule has 2 atom stereocenters. The second-order valence-corrected chi connectivity index (χ2v) is 8.08. The SMILES string of the molecule is O=S(=O)(NCC12C=CCCC1C2)c1ccc(Br)cc1. The Kier molecular flexibility index (Phi) is 3.31. The number of sulfonamides is 1. The first-order chi connectivity index (χ1) is 9.02. The van der Waals surface area contributed by atoms with E-state index in [0.29, 0.717) is 17.4 Å². The normalized spacial score (nSPS) is 29.0. The fraction of sp³-hybridized carbons (Fsp3) is 0.429. The summed E-state index contributed by atoms with van der Waals surface area (Å²) in [6.07, 6.45) is 7.82. The Balaban J connectivity index is 1.71. The van der Waals surface area contributed by atoms with Crippen LogP contribution in [0.5, 0.6) is 0 Å². The van der Waals surface area contributed by atoms with Gasteiger partial charge in [0.05, 0.1) is 4.90 Å². The van der Waals surface area contributed by atoms with Crippen LogP contribution in [0.25, 0.3) is 0 Å². The lowest BCUT2D eigenvalue weighted by molar-refractivity contribution is 0.501. The van der Waals surface area contributed by atoms with Crippen molar-refractivity contribution in [3.05, 3.63) is 40.9 Å². The standard InChI is InChI=1S/C14H16BrNO2S/c15-12-4-6-13(7-5-12)19(17,18)16-10-14-8-2-1-3-11(14)9-14/h2,4-8,11,16H,1,3,9-10H2. The number of hydrogen-bond donors (Lipinski definition) is 1. The van der Waals surface area contributed by atoms with Gasteiger partial charge in [0.2, 0.25) is 10.0 Å². The summed E-state index contributed by atoms with van der Waals surface area (Å²) >= 11 is 3.30. The number of halogens is 1. The Bertz CT molecular complexity index is 609. The molecule has 0 aliphatic heterocycles. The summed E-state index contributed by atoms with van der Waals surface area (Å²) in [7, 11) is -3.39. The number of allylic oxidation sites excluding steroid dienone is 1. The summed E-state index contributed by atoms with van der Waals surface area (Å²) in [5.41, 5.74) is 0.0979. The van der Waals surface area contributed by atoms with Crippen LogP contribution in [0.15, 0.2) is 45.8 Å². The molecule has 0 bridgehead atoms. The summed E-state index contributed by atoms with van der Waals surface area (Å²) in [4.78, 5) is 0.323. The lowest BCUT2D eigenvalue weighted by atomic mass is 9.96. The van der Waals surface area contributed by atoms with Crippen molar-refractivity contribution in [2.24, 2.45) is 11.3 Å². The van der Waals surface area contributed by atoms with Crippen molar-refractivity contribution in [3.8, 4) is 0 Å². The van der Waals surface area contributed by atoms with Gasteiger partial charge in [0.15, 0.2) is 0 Å². The van der Waals surface area contributed by atoms with Crippen molar-refractivity contribution in [1.82, 2.24) is 4.72 Å². The average molecular weight is 342 g/mol. The van der Waals surface area contributed by atoms with Crippen molar-refractivity contribution in [2.75, 3.05) is 6.54 Å². The zero-order chi connectivity index (χ0) is 13.5. The van der Waals surface area contributed by atoms with E-state index in [0.717, 1.165) is 17.3 Å². The summed E-state index contributed by atoms with van der Waals surface area (Å²) in [5, 5.41) is 0. The highest BCUT2D eigenvalue weighted by molar-refractivity contribution is 9.10. The van der Waals surface area contributed by atoms with E-state index in [2.05, 4.69) is 32.8 Å². The highest BCUT2D eigenvalue weighted by atomic mass is 79.9. The lowest BCUT2D eigenvalue weighted by Crippen LogP contribution is -2.31. The molecule has 3 rings (SSSR count). The summed E-state index contributed by atoms with van der Waals surface area (Å²) in [6, 6.07) is 6.72. The number of fused-ring (bicyclic) bond motifs is 1. The van der Waals surface area contributed by atoms with Crippen LogP contribution in [0.2, 0.25) is 0 Å². The largest absolute Gasteiger partial charge is 0.240 e. The van der Waals surface area contributed by atoms with Gasteiger partial charge in [-0.1, -0.05) is 28.1 Å². The van der Waals surface area contributed by atoms with Crippen molar-refractivity contribution >= 4 is 26.0 Å². The van der Waals surface area contributed by atoms with Crippen LogP contribution >= 0.6 is 15.9 Å². The third-order valence-corrected chi connectivity index (χ3v) is 6.07. The van der Waals surface area contributed by atoms with Gasteiger partial charge >= 0.3 is 0 Å². The molecule has 0 aromatic heterocycles. The Labute approximate surface area is 122 Å². The van der Waals surface area contributed by atoms with Crippen molar-refractivity contribution in [1.29, 1.82) is 0 Å². The molecule has 1 N–H and O–H groups in total. The molecule has 0 saturated heterocycles. The van der Waals surface area contributed by atoms with E-state index in [9.17, 15) is 8.42 Å². The van der Waals surface area contributed by atoms with Crippen LogP contribution in [-0.4, -0.2) is 15.0 Å². The minimum absolute atomic E-state index is 0.0979. The molecular formula is C14H16BrNO2S. The van der Waals surface area contributed by atoms with Gasteiger partial charge in [-0.3, -0.25) is 0 Å². The fourth-order valence-corrected chi connectivity index (χ4v) is 4.19. The highest BCUT2D eigenvalue weighted by Gasteiger charge is 2.52. The molecule has 102 valence electrons. The van der Waals surface area contributed by atoms with Gasteiger partial charge in [0.25, 0.3) is 0 Å². The van der Waals surface area contributed by atoms with Crippen LogP contribution in [0.1, 0.15) is 19.3 Å². The van der Waals surface area contributed by atoms with E-state index in [4.69, 9.17) is 0 Å². The summed E-state index contributed by atoms with van der Waals surface area (Å²) in [6.45, 7) is 0.520. The topological polar surface area (TPSA) is 46.2 Å². The van der Waals surface area contributed by atoms with Gasteiger partial charge < -0.3 is 0 Å². The first kappa shape index (κ1) is 13.3. The minimum atomic E-state index is -3.39. The smallest absolute Gasteiger partial charge is 0.210 e. The van der Waals surface area contributed by atoms with Crippen molar-refractivity contribution in [3.63, 3.8) is 0 Å². The van der Waals surface area contributed by atoms with E-state index in [1.54, 1.807) is 24.3 Å².